The topological polar surface area (TPSA) is 0 Å². The summed E-state index contributed by atoms with van der Waals surface area (Å²) in [5.74, 6) is 0. The van der Waals surface area contributed by atoms with E-state index in [2.05, 4.69) is 27.7 Å². The van der Waals surface area contributed by atoms with E-state index in [4.69, 9.17) is 0 Å². The maximum atomic E-state index is 2.52. The quantitative estimate of drug-likeness (QED) is 0.0458. The molecule has 0 saturated carbocycles. The molecule has 0 atom stereocenters. The van der Waals surface area contributed by atoms with Crippen LogP contribution in [0.5, 0.6) is 0 Å². The van der Waals surface area contributed by atoms with Gasteiger partial charge in [0.25, 0.3) is 0 Å². The normalized spacial score (nSPS) is 11.7. The molecule has 0 bridgehead atoms. The second kappa shape index (κ2) is 38.1. The molecule has 0 spiro atoms. The third-order valence-electron chi connectivity index (χ3n) is 10.3. The molecule has 0 nitrogen and oxygen atoms in total. The van der Waals surface area contributed by atoms with Crippen molar-refractivity contribution in [1.29, 1.82) is 0 Å². The summed E-state index contributed by atoms with van der Waals surface area (Å²) >= 11 is 0. The Hall–Kier alpha value is 0.910. The van der Waals surface area contributed by atoms with Gasteiger partial charge in [-0.2, -0.15) is 0 Å². The average Bonchev–Trinajstić information content (AvgIpc) is 2.99. The zero-order valence-electron chi connectivity index (χ0n) is 30.3. The standard InChI is InChI=1S/C40H84P.BrH/c1-5-9-11-13-15-17-19-21-23-25-27-29-31-33-35-37-39-41(7-3,8-4)40-38-36-34-32-30-28-26-24-22-20-18-16-14-12-10-6-2;/h5-40H2,1-4H3;1H/q+1;/p-1. The molecule has 0 aromatic carbocycles. The highest BCUT2D eigenvalue weighted by Gasteiger charge is 2.31. The van der Waals surface area contributed by atoms with Crippen molar-refractivity contribution in [1.82, 2.24) is 0 Å². The van der Waals surface area contributed by atoms with Crippen LogP contribution in [-0.2, 0) is 0 Å². The van der Waals surface area contributed by atoms with Gasteiger partial charge in [-0.05, 0) is 39.5 Å². The van der Waals surface area contributed by atoms with E-state index in [9.17, 15) is 0 Å². The molecule has 0 saturated heterocycles. The summed E-state index contributed by atoms with van der Waals surface area (Å²) in [4.78, 5) is 0. The van der Waals surface area contributed by atoms with Gasteiger partial charge in [0, 0.05) is 7.26 Å². The Morgan fingerprint density at radius 2 is 0.405 bits per heavy atom. The van der Waals surface area contributed by atoms with E-state index >= 15 is 0 Å². The Kier molecular flexibility index (Phi) is 40.8. The van der Waals surface area contributed by atoms with Gasteiger partial charge in [-0.1, -0.05) is 194 Å². The van der Waals surface area contributed by atoms with E-state index in [1.807, 2.05) is 0 Å². The summed E-state index contributed by atoms with van der Waals surface area (Å²) < 4.78 is 0. The maximum Gasteiger partial charge on any atom is 0.0594 e. The molecule has 0 aromatic rings. The van der Waals surface area contributed by atoms with Crippen LogP contribution >= 0.6 is 7.26 Å². The molecule has 0 aromatic heterocycles. The van der Waals surface area contributed by atoms with E-state index in [1.165, 1.54) is 218 Å². The Labute approximate surface area is 281 Å². The predicted octanol–water partition coefficient (Wildman–Crippen LogP) is 12.6. The summed E-state index contributed by atoms with van der Waals surface area (Å²) in [6, 6.07) is 0. The first-order chi connectivity index (χ1) is 20.2. The first-order valence-corrected chi connectivity index (χ1v) is 22.6. The summed E-state index contributed by atoms with van der Waals surface area (Å²) in [5, 5.41) is 0. The van der Waals surface area contributed by atoms with Gasteiger partial charge in [-0.15, -0.1) is 0 Å². The van der Waals surface area contributed by atoms with Crippen LogP contribution in [0.1, 0.15) is 233 Å². The van der Waals surface area contributed by atoms with Crippen LogP contribution < -0.4 is 17.0 Å². The lowest BCUT2D eigenvalue weighted by atomic mass is 10.0. The van der Waals surface area contributed by atoms with E-state index in [0.717, 1.165) is 0 Å². The van der Waals surface area contributed by atoms with Crippen molar-refractivity contribution in [2.75, 3.05) is 24.6 Å². The molecule has 0 aliphatic carbocycles. The first-order valence-electron chi connectivity index (χ1n) is 20.1. The van der Waals surface area contributed by atoms with Crippen LogP contribution in [0.2, 0.25) is 0 Å². The van der Waals surface area contributed by atoms with Crippen LogP contribution in [0.4, 0.5) is 0 Å². The van der Waals surface area contributed by atoms with Crippen molar-refractivity contribution in [3.8, 4) is 0 Å². The average molecular weight is 676 g/mol. The number of rotatable bonds is 36. The lowest BCUT2D eigenvalue weighted by Gasteiger charge is -2.25. The van der Waals surface area contributed by atoms with Crippen molar-refractivity contribution in [3.63, 3.8) is 0 Å². The molecule has 0 radical (unpaired) electrons. The van der Waals surface area contributed by atoms with Gasteiger partial charge in [-0.25, -0.2) is 0 Å². The minimum absolute atomic E-state index is 0. The fourth-order valence-electron chi connectivity index (χ4n) is 6.96. The highest BCUT2D eigenvalue weighted by Crippen LogP contribution is 2.59. The molecule has 0 heterocycles. The lowest BCUT2D eigenvalue weighted by Crippen LogP contribution is -3.00. The third-order valence-corrected chi connectivity index (χ3v) is 15.5. The van der Waals surface area contributed by atoms with Gasteiger partial charge in [0.1, 0.15) is 0 Å². The zero-order chi connectivity index (χ0) is 30.0. The van der Waals surface area contributed by atoms with Crippen LogP contribution in [0, 0.1) is 0 Å². The fourth-order valence-corrected chi connectivity index (χ4v) is 10.7. The molecule has 0 aliphatic heterocycles. The van der Waals surface area contributed by atoms with Crippen LogP contribution in [-0.4, -0.2) is 24.6 Å². The van der Waals surface area contributed by atoms with Gasteiger partial charge in [0.05, 0.1) is 24.6 Å². The van der Waals surface area contributed by atoms with Crippen molar-refractivity contribution in [2.24, 2.45) is 0 Å². The SMILES string of the molecule is CCCCCCCCCCCCCCCCCC[P+](CC)(CC)CCCCCCCCCCCCCCCCCC.[Br-]. The zero-order valence-corrected chi connectivity index (χ0v) is 32.8. The van der Waals surface area contributed by atoms with Crippen molar-refractivity contribution in [2.45, 2.75) is 233 Å². The van der Waals surface area contributed by atoms with Crippen molar-refractivity contribution >= 4 is 7.26 Å². The monoisotopic (exact) mass is 675 g/mol. The van der Waals surface area contributed by atoms with Gasteiger partial charge >= 0.3 is 0 Å². The number of hydrogen-bond acceptors (Lipinski definition) is 0. The van der Waals surface area contributed by atoms with Gasteiger partial charge in [-0.3, -0.25) is 0 Å². The minimum atomic E-state index is -0.634. The highest BCUT2D eigenvalue weighted by atomic mass is 79.9. The molecular weight excluding hydrogens is 591 g/mol. The fraction of sp³-hybridized carbons (Fsp3) is 1.00. The molecule has 0 amide bonds. The predicted molar refractivity (Wildman–Crippen MR) is 197 cm³/mol. The van der Waals surface area contributed by atoms with E-state index in [1.54, 1.807) is 12.3 Å². The smallest absolute Gasteiger partial charge is 0.0594 e. The second-order valence-electron chi connectivity index (χ2n) is 14.0. The summed E-state index contributed by atoms with van der Waals surface area (Å²) in [7, 11) is -0.634. The summed E-state index contributed by atoms with van der Waals surface area (Å²) in [6.07, 6.45) is 53.8. The largest absolute Gasteiger partial charge is 1.00 e. The number of unbranched alkanes of at least 4 members (excludes halogenated alkanes) is 30. The first kappa shape index (κ1) is 45.0. The van der Waals surface area contributed by atoms with Gasteiger partial charge in [0.2, 0.25) is 0 Å². The van der Waals surface area contributed by atoms with E-state index in [-0.39, 0.29) is 17.0 Å². The van der Waals surface area contributed by atoms with Gasteiger partial charge < -0.3 is 17.0 Å². The second-order valence-corrected chi connectivity index (χ2v) is 18.9. The molecular formula is C40H84BrP. The minimum Gasteiger partial charge on any atom is -1.00 e. The molecule has 42 heavy (non-hydrogen) atoms. The molecule has 0 N–H and O–H groups in total. The molecule has 0 rings (SSSR count). The molecule has 2 heteroatoms. The molecule has 0 aliphatic rings. The Morgan fingerprint density at radius 1 is 0.238 bits per heavy atom. The Balaban J connectivity index is 0. The molecule has 0 unspecified atom stereocenters. The maximum absolute atomic E-state index is 2.52. The lowest BCUT2D eigenvalue weighted by molar-refractivity contribution is -0.00000927. The van der Waals surface area contributed by atoms with E-state index < -0.39 is 7.26 Å². The summed E-state index contributed by atoms with van der Waals surface area (Å²) in [5.41, 5.74) is 0. The summed E-state index contributed by atoms with van der Waals surface area (Å²) in [6.45, 7) is 9.67. The van der Waals surface area contributed by atoms with Gasteiger partial charge in [0.15, 0.2) is 0 Å². The molecule has 256 valence electrons. The number of hydrogen-bond donors (Lipinski definition) is 0. The molecule has 0 fully saturated rings. The van der Waals surface area contributed by atoms with Crippen LogP contribution in [0.15, 0.2) is 0 Å². The van der Waals surface area contributed by atoms with Crippen molar-refractivity contribution < 1.29 is 17.0 Å². The Morgan fingerprint density at radius 3 is 0.571 bits per heavy atom. The third kappa shape index (κ3) is 32.3. The van der Waals surface area contributed by atoms with E-state index in [0.29, 0.717) is 0 Å². The Bertz CT molecular complexity index is 423. The van der Waals surface area contributed by atoms with Crippen LogP contribution in [0.25, 0.3) is 0 Å². The van der Waals surface area contributed by atoms with Crippen molar-refractivity contribution in [3.05, 3.63) is 0 Å². The number of halogens is 1. The highest BCUT2D eigenvalue weighted by molar-refractivity contribution is 7.75. The van der Waals surface area contributed by atoms with Crippen LogP contribution in [0.3, 0.4) is 0 Å².